The molecular weight excluding hydrogens is 459 g/mol. The van der Waals surface area contributed by atoms with E-state index in [0.29, 0.717) is 11.5 Å². The number of rotatable bonds is 9. The van der Waals surface area contributed by atoms with Crippen molar-refractivity contribution >= 4 is 5.91 Å². The van der Waals surface area contributed by atoms with Crippen molar-refractivity contribution in [3.63, 3.8) is 0 Å². The Kier molecular flexibility index (Phi) is 8.64. The van der Waals surface area contributed by atoms with E-state index in [1.807, 2.05) is 6.07 Å². The van der Waals surface area contributed by atoms with E-state index in [4.69, 9.17) is 4.74 Å². The number of amides is 1. The molecule has 0 bridgehead atoms. The minimum Gasteiger partial charge on any atom is -0.472 e. The van der Waals surface area contributed by atoms with Crippen molar-refractivity contribution in [1.29, 1.82) is 0 Å². The maximum absolute atomic E-state index is 13.7. The van der Waals surface area contributed by atoms with Gasteiger partial charge in [-0.05, 0) is 56.6 Å². The Hall–Kier alpha value is -2.62. The van der Waals surface area contributed by atoms with Crippen LogP contribution in [0, 0.1) is 11.9 Å². The van der Waals surface area contributed by atoms with Gasteiger partial charge in [0.15, 0.2) is 6.61 Å². The summed E-state index contributed by atoms with van der Waals surface area (Å²) >= 11 is 0. The van der Waals surface area contributed by atoms with Gasteiger partial charge < -0.3 is 15.0 Å². The lowest BCUT2D eigenvalue weighted by molar-refractivity contribution is -0.121. The number of alkyl halides is 2. The number of fused-ring (bicyclic) bond motifs is 1. The molecule has 2 aliphatic rings. The van der Waals surface area contributed by atoms with Gasteiger partial charge in [-0.25, -0.2) is 13.8 Å². The van der Waals surface area contributed by atoms with Crippen LogP contribution in [0.3, 0.4) is 0 Å². The second-order valence-corrected chi connectivity index (χ2v) is 9.67. The summed E-state index contributed by atoms with van der Waals surface area (Å²) in [5.74, 6) is 0.170. The fraction of sp³-hybridized carbons (Fsp3) is 0.640. The summed E-state index contributed by atoms with van der Waals surface area (Å²) in [7, 11) is 1.64. The Labute approximate surface area is 204 Å². The van der Waals surface area contributed by atoms with E-state index in [0.717, 1.165) is 70.3 Å². The molecule has 35 heavy (non-hydrogen) atoms. The molecule has 2 aromatic heterocycles. The first-order valence-electron chi connectivity index (χ1n) is 12.4. The fourth-order valence-corrected chi connectivity index (χ4v) is 5.10. The van der Waals surface area contributed by atoms with E-state index in [-0.39, 0.29) is 24.2 Å². The smallest absolute Gasteiger partial charge is 0.272 e. The second kappa shape index (κ2) is 11.9. The Morgan fingerprint density at radius 2 is 1.97 bits per heavy atom. The lowest BCUT2D eigenvalue weighted by Gasteiger charge is -2.30. The van der Waals surface area contributed by atoms with Crippen LogP contribution in [0.2, 0.25) is 0 Å². The maximum atomic E-state index is 13.7. The molecule has 1 amide bonds. The molecule has 1 fully saturated rings. The summed E-state index contributed by atoms with van der Waals surface area (Å²) in [6, 6.07) is 3.78. The van der Waals surface area contributed by atoms with E-state index in [9.17, 15) is 18.0 Å². The Morgan fingerprint density at radius 1 is 1.20 bits per heavy atom. The van der Waals surface area contributed by atoms with Crippen molar-refractivity contribution in [1.82, 2.24) is 25.0 Å². The number of hydrogen-bond acceptors (Lipinski definition) is 5. The van der Waals surface area contributed by atoms with Crippen LogP contribution < -0.4 is 10.1 Å². The largest absolute Gasteiger partial charge is 0.472 e. The van der Waals surface area contributed by atoms with E-state index in [1.165, 1.54) is 10.2 Å². The molecule has 1 aliphatic carbocycles. The molecule has 0 saturated heterocycles. The van der Waals surface area contributed by atoms with Gasteiger partial charge in [0.2, 0.25) is 17.7 Å². The first-order chi connectivity index (χ1) is 16.9. The summed E-state index contributed by atoms with van der Waals surface area (Å²) < 4.78 is 44.9. The molecule has 7 nitrogen and oxygen atoms in total. The van der Waals surface area contributed by atoms with Gasteiger partial charge in [-0.2, -0.15) is 4.39 Å². The van der Waals surface area contributed by atoms with E-state index in [1.54, 1.807) is 19.3 Å². The predicted molar refractivity (Wildman–Crippen MR) is 125 cm³/mol. The summed E-state index contributed by atoms with van der Waals surface area (Å²) in [5, 5.41) is 6.70. The Bertz CT molecular complexity index is 991. The summed E-state index contributed by atoms with van der Waals surface area (Å²) in [4.78, 5) is 19.2. The van der Waals surface area contributed by atoms with Crippen LogP contribution in [-0.2, 0) is 31.1 Å². The normalized spacial score (nSPS) is 20.9. The van der Waals surface area contributed by atoms with Crippen LogP contribution in [0.15, 0.2) is 18.3 Å². The molecule has 1 aliphatic heterocycles. The highest BCUT2D eigenvalue weighted by molar-refractivity contribution is 5.78. The number of nitrogens with zero attached hydrogens (tertiary/aromatic N) is 4. The van der Waals surface area contributed by atoms with Gasteiger partial charge in [0.25, 0.3) is 6.43 Å². The number of aryl methyl sites for hydroxylation is 1. The molecule has 0 spiro atoms. The number of nitrogens with one attached hydrogen (secondary N) is 1. The van der Waals surface area contributed by atoms with Crippen molar-refractivity contribution in [2.45, 2.75) is 63.8 Å². The molecule has 3 heterocycles. The van der Waals surface area contributed by atoms with Gasteiger partial charge in [0.1, 0.15) is 0 Å². The average molecular weight is 494 g/mol. The summed E-state index contributed by atoms with van der Waals surface area (Å²) in [6.07, 6.45) is 5.91. The number of pyridine rings is 1. The number of carbonyl (C=O) groups excluding carboxylic acids is 1. The molecule has 4 rings (SSSR count). The zero-order chi connectivity index (χ0) is 24.8. The number of halogens is 3. The van der Waals surface area contributed by atoms with E-state index < -0.39 is 19.0 Å². The molecule has 0 radical (unpaired) electrons. The van der Waals surface area contributed by atoms with Gasteiger partial charge >= 0.3 is 0 Å². The summed E-state index contributed by atoms with van der Waals surface area (Å²) in [5.41, 5.74) is 2.44. The highest BCUT2D eigenvalue weighted by atomic mass is 19.3. The molecule has 10 heteroatoms. The van der Waals surface area contributed by atoms with Crippen molar-refractivity contribution < 1.29 is 22.7 Å². The SMILES string of the molecule is Cn1cc(CC(=O)N[C@H]2CC[C@H](CCN3CCc4ccc(OCC(F)F)nc4CC3)CC2)c(F)n1. The monoisotopic (exact) mass is 493 g/mol. The number of aromatic nitrogens is 3. The van der Waals surface area contributed by atoms with Gasteiger partial charge in [-0.1, -0.05) is 6.07 Å². The molecule has 192 valence electrons. The fourth-order valence-electron chi connectivity index (χ4n) is 5.10. The standard InChI is InChI=1S/C25H34F3N5O2/c1-32-15-19(25(28)31-32)14-23(34)29-20-5-2-17(3-6-20)8-11-33-12-9-18-4-7-24(35-16-22(26)27)30-21(18)10-13-33/h4,7,15,17,20,22H,2-3,5-6,8-14,16H2,1H3,(H,29,34)/t17-,20-. The molecule has 1 N–H and O–H groups in total. The van der Waals surface area contributed by atoms with Crippen molar-refractivity contribution in [3.8, 4) is 5.88 Å². The zero-order valence-electron chi connectivity index (χ0n) is 20.2. The minimum atomic E-state index is -2.51. The first kappa shape index (κ1) is 25.5. The van der Waals surface area contributed by atoms with E-state index >= 15 is 0 Å². The van der Waals surface area contributed by atoms with Crippen LogP contribution in [0.5, 0.6) is 5.88 Å². The van der Waals surface area contributed by atoms with Crippen molar-refractivity contribution in [2.75, 3.05) is 26.2 Å². The van der Waals surface area contributed by atoms with Crippen LogP contribution in [0.4, 0.5) is 13.2 Å². The average Bonchev–Trinajstić information content (AvgIpc) is 3.02. The minimum absolute atomic E-state index is 0.0195. The zero-order valence-corrected chi connectivity index (χ0v) is 20.2. The van der Waals surface area contributed by atoms with Gasteiger partial charge in [0.05, 0.1) is 6.42 Å². The number of carbonyl (C=O) groups is 1. The molecule has 2 aromatic rings. The summed E-state index contributed by atoms with van der Waals surface area (Å²) in [6.45, 7) is 2.24. The molecular formula is C25H34F3N5O2. The number of ether oxygens (including phenoxy) is 1. The highest BCUT2D eigenvalue weighted by Gasteiger charge is 2.24. The van der Waals surface area contributed by atoms with Crippen LogP contribution in [0.1, 0.15) is 48.9 Å². The molecule has 1 saturated carbocycles. The predicted octanol–water partition coefficient (Wildman–Crippen LogP) is 3.31. The quantitative estimate of drug-likeness (QED) is 0.581. The second-order valence-electron chi connectivity index (χ2n) is 9.67. The maximum Gasteiger partial charge on any atom is 0.272 e. The molecule has 0 atom stereocenters. The van der Waals surface area contributed by atoms with Crippen LogP contribution in [0.25, 0.3) is 0 Å². The lowest BCUT2D eigenvalue weighted by atomic mass is 9.84. The Morgan fingerprint density at radius 3 is 2.69 bits per heavy atom. The highest BCUT2D eigenvalue weighted by Crippen LogP contribution is 2.28. The first-order valence-corrected chi connectivity index (χ1v) is 12.4. The van der Waals surface area contributed by atoms with Crippen molar-refractivity contribution in [2.24, 2.45) is 13.0 Å². The third-order valence-electron chi connectivity index (χ3n) is 7.03. The topological polar surface area (TPSA) is 72.3 Å². The van der Waals surface area contributed by atoms with E-state index in [2.05, 4.69) is 20.3 Å². The lowest BCUT2D eigenvalue weighted by Crippen LogP contribution is -2.39. The molecule has 0 unspecified atom stereocenters. The third kappa shape index (κ3) is 7.43. The van der Waals surface area contributed by atoms with Gasteiger partial charge in [-0.3, -0.25) is 9.48 Å². The molecule has 0 aromatic carbocycles. The Balaban J connectivity index is 1.16. The van der Waals surface area contributed by atoms with Crippen LogP contribution in [-0.4, -0.2) is 64.3 Å². The van der Waals surface area contributed by atoms with Gasteiger partial charge in [0, 0.05) is 56.1 Å². The van der Waals surface area contributed by atoms with Crippen LogP contribution >= 0.6 is 0 Å². The number of hydrogen-bond donors (Lipinski definition) is 1. The van der Waals surface area contributed by atoms with Gasteiger partial charge in [-0.15, -0.1) is 5.10 Å². The van der Waals surface area contributed by atoms with Crippen molar-refractivity contribution in [3.05, 3.63) is 41.1 Å². The third-order valence-corrected chi connectivity index (χ3v) is 7.03.